The lowest BCUT2D eigenvalue weighted by molar-refractivity contribution is -0.118. The number of likely N-dealkylation sites (tertiary alicyclic amines) is 1. The molecule has 1 heterocycles. The molecule has 3 N–H and O–H groups in total. The maximum absolute atomic E-state index is 12.2. The number of anilines is 2. The zero-order chi connectivity index (χ0) is 15.2. The molecule has 0 radical (unpaired) electrons. The second kappa shape index (κ2) is 7.46. The van der Waals surface area contributed by atoms with Crippen LogP contribution in [0.5, 0.6) is 0 Å². The number of amides is 1. The van der Waals surface area contributed by atoms with E-state index in [0.717, 1.165) is 23.5 Å². The van der Waals surface area contributed by atoms with E-state index < -0.39 is 0 Å². The van der Waals surface area contributed by atoms with Crippen molar-refractivity contribution in [2.75, 3.05) is 24.1 Å². The van der Waals surface area contributed by atoms with Gasteiger partial charge in [0.1, 0.15) is 0 Å². The quantitative estimate of drug-likeness (QED) is 0.819. The Morgan fingerprint density at radius 3 is 2.95 bits per heavy atom. The molecule has 1 aromatic rings. The third-order valence-corrected chi connectivity index (χ3v) is 4.28. The van der Waals surface area contributed by atoms with Gasteiger partial charge in [-0.25, -0.2) is 0 Å². The van der Waals surface area contributed by atoms with Crippen LogP contribution in [0, 0.1) is 6.92 Å². The Bertz CT molecular complexity index is 485. The van der Waals surface area contributed by atoms with E-state index in [9.17, 15) is 4.79 Å². The summed E-state index contributed by atoms with van der Waals surface area (Å²) in [6.07, 6.45) is 6.07. The van der Waals surface area contributed by atoms with Crippen molar-refractivity contribution in [2.45, 2.75) is 52.0 Å². The number of aryl methyl sites for hydroxylation is 1. The lowest BCUT2D eigenvalue weighted by Gasteiger charge is -2.35. The Morgan fingerprint density at radius 2 is 2.24 bits per heavy atom. The number of hydrogen-bond donors (Lipinski definition) is 2. The van der Waals surface area contributed by atoms with E-state index in [4.69, 9.17) is 5.73 Å². The Hall–Kier alpha value is -1.55. The second-order valence-electron chi connectivity index (χ2n) is 6.03. The standard InChI is InChI=1S/C17H27N3O/c1-3-6-15-7-4-5-10-20(15)12-17(21)19-14-9-8-13(2)16(18)11-14/h8-9,11,15H,3-7,10,12,18H2,1-2H3,(H,19,21). The molecule has 4 heteroatoms. The van der Waals surface area contributed by atoms with Crippen LogP contribution in [0.2, 0.25) is 0 Å². The third kappa shape index (κ3) is 4.46. The number of carbonyl (C=O) groups excluding carboxylic acids is 1. The van der Waals surface area contributed by atoms with E-state index in [1.165, 1.54) is 32.1 Å². The molecule has 116 valence electrons. The van der Waals surface area contributed by atoms with Gasteiger partial charge in [0.15, 0.2) is 0 Å². The first-order chi connectivity index (χ1) is 10.1. The average Bonchev–Trinajstić information content (AvgIpc) is 2.45. The molecule has 1 unspecified atom stereocenters. The highest BCUT2D eigenvalue weighted by atomic mass is 16.2. The molecule has 1 aliphatic heterocycles. The molecule has 1 aliphatic rings. The van der Waals surface area contributed by atoms with Crippen LogP contribution >= 0.6 is 0 Å². The molecular weight excluding hydrogens is 262 g/mol. The Labute approximate surface area is 127 Å². The molecular formula is C17H27N3O. The van der Waals surface area contributed by atoms with Crippen molar-refractivity contribution in [3.8, 4) is 0 Å². The van der Waals surface area contributed by atoms with Gasteiger partial charge in [0.05, 0.1) is 6.54 Å². The molecule has 0 saturated carbocycles. The Morgan fingerprint density at radius 1 is 1.43 bits per heavy atom. The van der Waals surface area contributed by atoms with Crippen LogP contribution in [-0.2, 0) is 4.79 Å². The van der Waals surface area contributed by atoms with Gasteiger partial charge in [0, 0.05) is 17.4 Å². The normalized spacial score (nSPS) is 19.4. The van der Waals surface area contributed by atoms with E-state index in [-0.39, 0.29) is 5.91 Å². The van der Waals surface area contributed by atoms with Crippen molar-refractivity contribution >= 4 is 17.3 Å². The largest absolute Gasteiger partial charge is 0.398 e. The molecule has 1 amide bonds. The highest BCUT2D eigenvalue weighted by Gasteiger charge is 2.23. The molecule has 1 fully saturated rings. The summed E-state index contributed by atoms with van der Waals surface area (Å²) in [5, 5.41) is 2.96. The minimum atomic E-state index is 0.0567. The van der Waals surface area contributed by atoms with Gasteiger partial charge in [-0.2, -0.15) is 0 Å². The zero-order valence-electron chi connectivity index (χ0n) is 13.2. The van der Waals surface area contributed by atoms with Crippen molar-refractivity contribution < 1.29 is 4.79 Å². The summed E-state index contributed by atoms with van der Waals surface area (Å²) in [7, 11) is 0. The maximum Gasteiger partial charge on any atom is 0.238 e. The summed E-state index contributed by atoms with van der Waals surface area (Å²) in [5.41, 5.74) is 8.42. The van der Waals surface area contributed by atoms with Crippen LogP contribution < -0.4 is 11.1 Å². The van der Waals surface area contributed by atoms with E-state index >= 15 is 0 Å². The van der Waals surface area contributed by atoms with Crippen LogP contribution in [0.25, 0.3) is 0 Å². The molecule has 1 saturated heterocycles. The van der Waals surface area contributed by atoms with Crippen LogP contribution in [0.1, 0.15) is 44.6 Å². The molecule has 4 nitrogen and oxygen atoms in total. The molecule has 1 atom stereocenters. The van der Waals surface area contributed by atoms with Crippen molar-refractivity contribution in [1.82, 2.24) is 4.90 Å². The third-order valence-electron chi connectivity index (χ3n) is 4.28. The highest BCUT2D eigenvalue weighted by molar-refractivity contribution is 5.92. The lowest BCUT2D eigenvalue weighted by atomic mass is 9.98. The number of rotatable bonds is 5. The summed E-state index contributed by atoms with van der Waals surface area (Å²) in [4.78, 5) is 14.6. The molecule has 1 aromatic carbocycles. The van der Waals surface area contributed by atoms with Crippen LogP contribution in [0.4, 0.5) is 11.4 Å². The van der Waals surface area contributed by atoms with Crippen molar-refractivity contribution in [1.29, 1.82) is 0 Å². The predicted molar refractivity (Wildman–Crippen MR) is 88.3 cm³/mol. The van der Waals surface area contributed by atoms with Crippen LogP contribution in [0.15, 0.2) is 18.2 Å². The smallest absolute Gasteiger partial charge is 0.238 e. The lowest BCUT2D eigenvalue weighted by Crippen LogP contribution is -2.43. The fourth-order valence-corrected chi connectivity index (χ4v) is 3.03. The molecule has 0 bridgehead atoms. The van der Waals surface area contributed by atoms with Gasteiger partial charge in [0.25, 0.3) is 0 Å². The summed E-state index contributed by atoms with van der Waals surface area (Å²) in [6, 6.07) is 6.24. The number of piperidine rings is 1. The minimum Gasteiger partial charge on any atom is -0.398 e. The fourth-order valence-electron chi connectivity index (χ4n) is 3.03. The van der Waals surface area contributed by atoms with E-state index in [1.807, 2.05) is 25.1 Å². The minimum absolute atomic E-state index is 0.0567. The number of carbonyl (C=O) groups is 1. The SMILES string of the molecule is CCCC1CCCCN1CC(=O)Nc1ccc(C)c(N)c1. The molecule has 0 aromatic heterocycles. The van der Waals surface area contributed by atoms with Crippen LogP contribution in [0.3, 0.4) is 0 Å². The van der Waals surface area contributed by atoms with Gasteiger partial charge >= 0.3 is 0 Å². The van der Waals surface area contributed by atoms with Gasteiger partial charge in [0.2, 0.25) is 5.91 Å². The predicted octanol–water partition coefficient (Wildman–Crippen LogP) is 3.17. The number of hydrogen-bond acceptors (Lipinski definition) is 3. The van der Waals surface area contributed by atoms with Crippen molar-refractivity contribution in [2.24, 2.45) is 0 Å². The van der Waals surface area contributed by atoms with Crippen molar-refractivity contribution in [3.05, 3.63) is 23.8 Å². The van der Waals surface area contributed by atoms with Gasteiger partial charge in [-0.05, 0) is 50.4 Å². The fraction of sp³-hybridized carbons (Fsp3) is 0.588. The highest BCUT2D eigenvalue weighted by Crippen LogP contribution is 2.21. The van der Waals surface area contributed by atoms with Gasteiger partial charge in [-0.3, -0.25) is 9.69 Å². The number of nitrogen functional groups attached to an aromatic ring is 1. The summed E-state index contributed by atoms with van der Waals surface area (Å²) >= 11 is 0. The molecule has 21 heavy (non-hydrogen) atoms. The molecule has 0 spiro atoms. The van der Waals surface area contributed by atoms with Gasteiger partial charge in [-0.1, -0.05) is 25.8 Å². The first-order valence-electron chi connectivity index (χ1n) is 8.00. The first kappa shape index (κ1) is 15.8. The number of benzene rings is 1. The Balaban J connectivity index is 1.92. The van der Waals surface area contributed by atoms with Crippen LogP contribution in [-0.4, -0.2) is 29.9 Å². The second-order valence-corrected chi connectivity index (χ2v) is 6.03. The summed E-state index contributed by atoms with van der Waals surface area (Å²) in [6.45, 7) is 5.69. The monoisotopic (exact) mass is 289 g/mol. The average molecular weight is 289 g/mol. The first-order valence-corrected chi connectivity index (χ1v) is 8.00. The summed E-state index contributed by atoms with van der Waals surface area (Å²) < 4.78 is 0. The van der Waals surface area contributed by atoms with E-state index in [1.54, 1.807) is 0 Å². The van der Waals surface area contributed by atoms with Gasteiger partial charge < -0.3 is 11.1 Å². The number of nitrogens with zero attached hydrogens (tertiary/aromatic N) is 1. The van der Waals surface area contributed by atoms with E-state index in [0.29, 0.717) is 12.6 Å². The topological polar surface area (TPSA) is 58.4 Å². The molecule has 2 rings (SSSR count). The maximum atomic E-state index is 12.2. The van der Waals surface area contributed by atoms with Crippen molar-refractivity contribution in [3.63, 3.8) is 0 Å². The number of nitrogens with one attached hydrogen (secondary N) is 1. The van der Waals surface area contributed by atoms with Gasteiger partial charge in [-0.15, -0.1) is 0 Å². The van der Waals surface area contributed by atoms with E-state index in [2.05, 4.69) is 17.1 Å². The zero-order valence-corrected chi connectivity index (χ0v) is 13.2. The number of nitrogens with two attached hydrogens (primary N) is 1. The Kier molecular flexibility index (Phi) is 5.62. The summed E-state index contributed by atoms with van der Waals surface area (Å²) in [5.74, 6) is 0.0567. The molecule has 0 aliphatic carbocycles.